The Morgan fingerprint density at radius 1 is 1.64 bits per heavy atom. The summed E-state index contributed by atoms with van der Waals surface area (Å²) in [5, 5.41) is 9.24. The molecule has 0 amide bonds. The van der Waals surface area contributed by atoms with Gasteiger partial charge in [0.1, 0.15) is 5.75 Å². The van der Waals surface area contributed by atoms with Gasteiger partial charge in [0, 0.05) is 18.9 Å². The Labute approximate surface area is 65.3 Å². The van der Waals surface area contributed by atoms with E-state index >= 15 is 0 Å². The molecule has 0 atom stereocenters. The van der Waals surface area contributed by atoms with E-state index in [2.05, 4.69) is 0 Å². The van der Waals surface area contributed by atoms with Crippen molar-refractivity contribution < 1.29 is 9.90 Å². The van der Waals surface area contributed by atoms with E-state index in [0.717, 1.165) is 5.69 Å². The number of carbonyl (C=O) groups excluding carboxylic acids is 1. The lowest BCUT2D eigenvalue weighted by atomic mass is 10.2. The zero-order chi connectivity index (χ0) is 8.59. The summed E-state index contributed by atoms with van der Waals surface area (Å²) >= 11 is 0. The molecule has 1 N–H and O–H groups in total. The van der Waals surface area contributed by atoms with Crippen molar-refractivity contribution in [2.45, 2.75) is 13.8 Å². The summed E-state index contributed by atoms with van der Waals surface area (Å²) in [4.78, 5) is 10.9. The molecule has 1 aromatic rings. The number of rotatable bonds is 1. The van der Waals surface area contributed by atoms with Gasteiger partial charge >= 0.3 is 0 Å². The smallest absolute Gasteiger partial charge is 0.165 e. The summed E-state index contributed by atoms with van der Waals surface area (Å²) in [6.07, 6.45) is 1.53. The highest BCUT2D eigenvalue weighted by atomic mass is 16.3. The van der Waals surface area contributed by atoms with Crippen LogP contribution in [0.25, 0.3) is 0 Å². The van der Waals surface area contributed by atoms with Crippen molar-refractivity contribution >= 4 is 5.78 Å². The molecule has 0 aliphatic heterocycles. The van der Waals surface area contributed by atoms with Crippen molar-refractivity contribution in [1.82, 2.24) is 4.57 Å². The Hall–Kier alpha value is -1.25. The number of carbonyl (C=O) groups is 1. The first-order valence-corrected chi connectivity index (χ1v) is 3.40. The van der Waals surface area contributed by atoms with E-state index in [-0.39, 0.29) is 11.5 Å². The molecular weight excluding hydrogens is 142 g/mol. The van der Waals surface area contributed by atoms with Crippen molar-refractivity contribution in [3.8, 4) is 5.75 Å². The van der Waals surface area contributed by atoms with Crippen LogP contribution in [0.2, 0.25) is 0 Å². The normalized spacial score (nSPS) is 10.1. The van der Waals surface area contributed by atoms with Crippen molar-refractivity contribution in [3.05, 3.63) is 17.5 Å². The molecule has 0 spiro atoms. The zero-order valence-electron chi connectivity index (χ0n) is 6.88. The highest BCUT2D eigenvalue weighted by molar-refractivity contribution is 5.97. The summed E-state index contributed by atoms with van der Waals surface area (Å²) in [5.74, 6) is -0.0295. The standard InChI is InChI=1S/C8H11NO2/c1-5-8(6(2)10)7(11)4-9(5)3/h4,11H,1-3H3. The predicted octanol–water partition coefficient (Wildman–Crippen LogP) is 1.24. The predicted molar refractivity (Wildman–Crippen MR) is 41.8 cm³/mol. The molecule has 0 bridgehead atoms. The topological polar surface area (TPSA) is 42.2 Å². The number of aromatic hydroxyl groups is 1. The molecule has 0 radical (unpaired) electrons. The quantitative estimate of drug-likeness (QED) is 0.617. The lowest BCUT2D eigenvalue weighted by molar-refractivity contribution is 0.101. The number of ketones is 1. The number of Topliss-reactive ketones (excluding diaryl/α,β-unsaturated/α-hetero) is 1. The highest BCUT2D eigenvalue weighted by Gasteiger charge is 2.13. The fourth-order valence-corrected chi connectivity index (χ4v) is 1.14. The maximum Gasteiger partial charge on any atom is 0.165 e. The summed E-state index contributed by atoms with van der Waals surface area (Å²) in [7, 11) is 1.79. The fraction of sp³-hybridized carbons (Fsp3) is 0.375. The Bertz CT molecular complexity index is 299. The Kier molecular flexibility index (Phi) is 1.72. The van der Waals surface area contributed by atoms with Crippen LogP contribution in [-0.2, 0) is 7.05 Å². The van der Waals surface area contributed by atoms with Crippen molar-refractivity contribution in [1.29, 1.82) is 0 Å². The molecule has 1 aromatic heterocycles. The van der Waals surface area contributed by atoms with Crippen LogP contribution < -0.4 is 0 Å². The molecule has 60 valence electrons. The molecule has 0 aromatic carbocycles. The Morgan fingerprint density at radius 2 is 2.18 bits per heavy atom. The van der Waals surface area contributed by atoms with Gasteiger partial charge in [-0.25, -0.2) is 0 Å². The van der Waals surface area contributed by atoms with Gasteiger partial charge in [-0.3, -0.25) is 4.79 Å². The third-order valence-electron chi connectivity index (χ3n) is 1.81. The minimum absolute atomic E-state index is 0.0671. The molecule has 3 heteroatoms. The van der Waals surface area contributed by atoms with Gasteiger partial charge in [-0.05, 0) is 13.8 Å². The maximum atomic E-state index is 10.9. The van der Waals surface area contributed by atoms with E-state index in [1.807, 2.05) is 0 Å². The van der Waals surface area contributed by atoms with Gasteiger partial charge in [-0.1, -0.05) is 0 Å². The fourth-order valence-electron chi connectivity index (χ4n) is 1.14. The lowest BCUT2D eigenvalue weighted by Gasteiger charge is -1.95. The molecular formula is C8H11NO2. The molecule has 0 unspecified atom stereocenters. The molecule has 0 aliphatic rings. The van der Waals surface area contributed by atoms with Crippen LogP contribution in [0.3, 0.4) is 0 Å². The number of nitrogens with zero attached hydrogens (tertiary/aromatic N) is 1. The van der Waals surface area contributed by atoms with Gasteiger partial charge in [0.15, 0.2) is 5.78 Å². The van der Waals surface area contributed by atoms with Crippen molar-refractivity contribution in [2.24, 2.45) is 7.05 Å². The molecule has 3 nitrogen and oxygen atoms in total. The Morgan fingerprint density at radius 3 is 2.36 bits per heavy atom. The molecule has 0 saturated heterocycles. The monoisotopic (exact) mass is 153 g/mol. The van der Waals surface area contributed by atoms with E-state index < -0.39 is 0 Å². The average molecular weight is 153 g/mol. The molecule has 1 heterocycles. The summed E-state index contributed by atoms with van der Waals surface area (Å²) in [5.41, 5.74) is 1.22. The first-order valence-electron chi connectivity index (χ1n) is 3.40. The van der Waals surface area contributed by atoms with Gasteiger partial charge < -0.3 is 9.67 Å². The Balaban J connectivity index is 3.34. The summed E-state index contributed by atoms with van der Waals surface area (Å²) in [6, 6.07) is 0. The highest BCUT2D eigenvalue weighted by Crippen LogP contribution is 2.22. The van der Waals surface area contributed by atoms with Crippen LogP contribution in [0.1, 0.15) is 23.0 Å². The minimum Gasteiger partial charge on any atom is -0.506 e. The molecule has 1 rings (SSSR count). The van der Waals surface area contributed by atoms with Gasteiger partial charge in [0.2, 0.25) is 0 Å². The summed E-state index contributed by atoms with van der Waals surface area (Å²) in [6.45, 7) is 3.25. The van der Waals surface area contributed by atoms with Crippen LogP contribution in [0.15, 0.2) is 6.20 Å². The van der Waals surface area contributed by atoms with E-state index in [4.69, 9.17) is 0 Å². The zero-order valence-corrected chi connectivity index (χ0v) is 6.88. The number of hydrogen-bond acceptors (Lipinski definition) is 2. The van der Waals surface area contributed by atoms with E-state index in [0.29, 0.717) is 5.56 Å². The van der Waals surface area contributed by atoms with Gasteiger partial charge in [0.25, 0.3) is 0 Å². The number of hydrogen-bond donors (Lipinski definition) is 1. The van der Waals surface area contributed by atoms with Crippen LogP contribution in [-0.4, -0.2) is 15.5 Å². The average Bonchev–Trinajstić information content (AvgIpc) is 2.07. The molecule has 0 saturated carbocycles. The second-order valence-corrected chi connectivity index (χ2v) is 2.64. The largest absolute Gasteiger partial charge is 0.506 e. The SMILES string of the molecule is CC(=O)c1c(O)cn(C)c1C. The lowest BCUT2D eigenvalue weighted by Crippen LogP contribution is -1.96. The molecule has 11 heavy (non-hydrogen) atoms. The third kappa shape index (κ3) is 1.13. The maximum absolute atomic E-state index is 10.9. The van der Waals surface area contributed by atoms with Crippen LogP contribution in [0.5, 0.6) is 5.75 Å². The van der Waals surface area contributed by atoms with Crippen LogP contribution in [0, 0.1) is 6.92 Å². The third-order valence-corrected chi connectivity index (χ3v) is 1.81. The van der Waals surface area contributed by atoms with Crippen LogP contribution in [0.4, 0.5) is 0 Å². The second-order valence-electron chi connectivity index (χ2n) is 2.64. The van der Waals surface area contributed by atoms with Gasteiger partial charge in [-0.2, -0.15) is 0 Å². The van der Waals surface area contributed by atoms with E-state index in [1.54, 1.807) is 18.5 Å². The minimum atomic E-state index is -0.0967. The molecule has 0 fully saturated rings. The van der Waals surface area contributed by atoms with Gasteiger partial charge in [0.05, 0.1) is 5.56 Å². The molecule has 0 aliphatic carbocycles. The first-order chi connectivity index (χ1) is 5.04. The van der Waals surface area contributed by atoms with Crippen molar-refractivity contribution in [3.63, 3.8) is 0 Å². The number of aromatic nitrogens is 1. The van der Waals surface area contributed by atoms with E-state index in [9.17, 15) is 9.90 Å². The second kappa shape index (κ2) is 2.42. The van der Waals surface area contributed by atoms with Gasteiger partial charge in [-0.15, -0.1) is 0 Å². The van der Waals surface area contributed by atoms with Crippen molar-refractivity contribution in [2.75, 3.05) is 0 Å². The summed E-state index contributed by atoms with van der Waals surface area (Å²) < 4.78 is 1.73. The number of aryl methyl sites for hydroxylation is 1. The first kappa shape index (κ1) is 7.85. The van der Waals surface area contributed by atoms with Crippen LogP contribution >= 0.6 is 0 Å². The van der Waals surface area contributed by atoms with E-state index in [1.165, 1.54) is 13.1 Å².